The summed E-state index contributed by atoms with van der Waals surface area (Å²) in [5, 5.41) is 39.0. The Hall–Kier alpha value is -2.07. The van der Waals surface area contributed by atoms with E-state index in [0.717, 1.165) is 5.56 Å². The Labute approximate surface area is 143 Å². The van der Waals surface area contributed by atoms with Gasteiger partial charge in [0, 0.05) is 25.1 Å². The van der Waals surface area contributed by atoms with Crippen molar-refractivity contribution in [1.29, 1.82) is 0 Å². The highest BCUT2D eigenvalue weighted by molar-refractivity contribution is 5.78. The summed E-state index contributed by atoms with van der Waals surface area (Å²) >= 11 is 0. The standard InChI is InChI=1S/C16H20N2O7/c1-17-9(4-5-10(17)19)8-3-2-6-18(7-8)15-13(22)11(20)12(21)14(25-15)16(23)24/h2-3,6-7,9,11-15,20-22H,4-5H2,1H3/p+1/t9-,11-,12-,13+,14-,15-/m0/s1. The SMILES string of the molecule is CN1C(=O)CC[C@H]1c1ccc[n+]([C@H]2O[C@H](C(=O)O)[C@@H](O)[C@H](O)[C@H]2O)c1. The van der Waals surface area contributed by atoms with Gasteiger partial charge in [-0.05, 0) is 12.5 Å². The minimum Gasteiger partial charge on any atom is -0.479 e. The molecule has 2 saturated heterocycles. The summed E-state index contributed by atoms with van der Waals surface area (Å²) in [5.41, 5.74) is 0.805. The maximum atomic E-state index is 11.7. The van der Waals surface area contributed by atoms with Crippen molar-refractivity contribution in [1.82, 2.24) is 4.90 Å². The Balaban J connectivity index is 1.89. The number of hydrogen-bond donors (Lipinski definition) is 4. The van der Waals surface area contributed by atoms with Crippen molar-refractivity contribution in [2.45, 2.75) is 49.5 Å². The van der Waals surface area contributed by atoms with Crippen molar-refractivity contribution in [3.8, 4) is 0 Å². The first-order valence-corrected chi connectivity index (χ1v) is 8.00. The molecule has 0 radical (unpaired) electrons. The third kappa shape index (κ3) is 3.11. The van der Waals surface area contributed by atoms with Crippen LogP contribution in [0.2, 0.25) is 0 Å². The Kier molecular flexibility index (Phi) is 4.74. The maximum Gasteiger partial charge on any atom is 0.335 e. The molecule has 6 atom stereocenters. The number of ether oxygens (including phenoxy) is 1. The molecule has 0 aliphatic carbocycles. The highest BCUT2D eigenvalue weighted by Crippen LogP contribution is 2.31. The summed E-state index contributed by atoms with van der Waals surface area (Å²) in [5.74, 6) is -1.39. The molecular formula is C16H21N2O7+. The van der Waals surface area contributed by atoms with Gasteiger partial charge in [0.2, 0.25) is 5.91 Å². The average Bonchev–Trinajstić information content (AvgIpc) is 2.92. The van der Waals surface area contributed by atoms with E-state index >= 15 is 0 Å². The molecule has 0 unspecified atom stereocenters. The summed E-state index contributed by atoms with van der Waals surface area (Å²) < 4.78 is 6.76. The molecule has 4 N–H and O–H groups in total. The van der Waals surface area contributed by atoms with Gasteiger partial charge in [0.15, 0.2) is 24.6 Å². The highest BCUT2D eigenvalue weighted by Gasteiger charge is 2.51. The lowest BCUT2D eigenvalue weighted by Crippen LogP contribution is -2.63. The number of nitrogens with zero attached hydrogens (tertiary/aromatic N) is 2. The van der Waals surface area contributed by atoms with E-state index in [1.807, 2.05) is 6.07 Å². The van der Waals surface area contributed by atoms with Crippen molar-refractivity contribution in [2.24, 2.45) is 0 Å². The number of hydrogen-bond acceptors (Lipinski definition) is 6. The monoisotopic (exact) mass is 353 g/mol. The molecule has 2 aliphatic heterocycles. The number of carboxylic acid groups (broad SMARTS) is 1. The number of carbonyl (C=O) groups is 2. The molecule has 25 heavy (non-hydrogen) atoms. The number of aliphatic hydroxyl groups is 3. The topological polar surface area (TPSA) is 131 Å². The lowest BCUT2D eigenvalue weighted by atomic mass is 9.97. The van der Waals surface area contributed by atoms with Gasteiger partial charge in [-0.25, -0.2) is 4.79 Å². The Morgan fingerprint density at radius 3 is 2.60 bits per heavy atom. The van der Waals surface area contributed by atoms with Crippen molar-refractivity contribution in [3.63, 3.8) is 0 Å². The first-order chi connectivity index (χ1) is 11.8. The van der Waals surface area contributed by atoms with Crippen LogP contribution in [0.15, 0.2) is 24.5 Å². The third-order valence-corrected chi connectivity index (χ3v) is 4.85. The van der Waals surface area contributed by atoms with Crippen molar-refractivity contribution >= 4 is 11.9 Å². The zero-order valence-corrected chi connectivity index (χ0v) is 13.6. The molecule has 136 valence electrons. The molecular weight excluding hydrogens is 332 g/mol. The van der Waals surface area contributed by atoms with Gasteiger partial charge in [0.25, 0.3) is 6.23 Å². The summed E-state index contributed by atoms with van der Waals surface area (Å²) in [6.45, 7) is 0. The summed E-state index contributed by atoms with van der Waals surface area (Å²) in [6.07, 6.45) is -3.41. The van der Waals surface area contributed by atoms with Crippen LogP contribution in [-0.4, -0.2) is 68.7 Å². The molecule has 3 rings (SSSR count). The lowest BCUT2D eigenvalue weighted by molar-refractivity contribution is -0.777. The van der Waals surface area contributed by atoms with Gasteiger partial charge in [-0.2, -0.15) is 4.57 Å². The zero-order chi connectivity index (χ0) is 18.3. The van der Waals surface area contributed by atoms with Crippen LogP contribution in [0.25, 0.3) is 0 Å². The molecule has 2 aliphatic rings. The van der Waals surface area contributed by atoms with Gasteiger partial charge < -0.3 is 30.1 Å². The summed E-state index contributed by atoms with van der Waals surface area (Å²) in [7, 11) is 1.71. The molecule has 9 heteroatoms. The summed E-state index contributed by atoms with van der Waals surface area (Å²) in [6, 6.07) is 3.40. The van der Waals surface area contributed by atoms with E-state index in [1.165, 1.54) is 4.57 Å². The van der Waals surface area contributed by atoms with E-state index in [0.29, 0.717) is 12.8 Å². The molecule has 3 heterocycles. The van der Waals surface area contributed by atoms with Crippen LogP contribution < -0.4 is 4.57 Å². The fraction of sp³-hybridized carbons (Fsp3) is 0.562. The van der Waals surface area contributed by atoms with Gasteiger partial charge in [-0.1, -0.05) is 0 Å². The van der Waals surface area contributed by atoms with E-state index < -0.39 is 36.6 Å². The van der Waals surface area contributed by atoms with E-state index in [4.69, 9.17) is 9.84 Å². The molecule has 1 aromatic rings. The van der Waals surface area contributed by atoms with Gasteiger partial charge >= 0.3 is 5.97 Å². The van der Waals surface area contributed by atoms with E-state index in [1.54, 1.807) is 30.4 Å². The average molecular weight is 353 g/mol. The third-order valence-electron chi connectivity index (χ3n) is 4.85. The van der Waals surface area contributed by atoms with Crippen LogP contribution in [0.5, 0.6) is 0 Å². The zero-order valence-electron chi connectivity index (χ0n) is 13.6. The van der Waals surface area contributed by atoms with Crippen molar-refractivity contribution in [2.75, 3.05) is 7.05 Å². The molecule has 9 nitrogen and oxygen atoms in total. The number of likely N-dealkylation sites (tertiary alicyclic amines) is 1. The van der Waals surface area contributed by atoms with E-state index in [9.17, 15) is 24.9 Å². The minimum atomic E-state index is -1.73. The predicted octanol–water partition coefficient (Wildman–Crippen LogP) is -1.67. The number of pyridine rings is 1. The molecule has 0 spiro atoms. The predicted molar refractivity (Wildman–Crippen MR) is 80.9 cm³/mol. The fourth-order valence-corrected chi connectivity index (χ4v) is 3.37. The number of aromatic nitrogens is 1. The van der Waals surface area contributed by atoms with Crippen LogP contribution in [0, 0.1) is 0 Å². The number of rotatable bonds is 3. The molecule has 1 amide bonds. The normalized spacial score (nSPS) is 35.8. The van der Waals surface area contributed by atoms with Crippen LogP contribution in [0.1, 0.15) is 30.7 Å². The molecule has 2 fully saturated rings. The number of aliphatic carboxylic acids is 1. The Morgan fingerprint density at radius 2 is 2.00 bits per heavy atom. The van der Waals surface area contributed by atoms with Gasteiger partial charge in [-0.15, -0.1) is 0 Å². The van der Waals surface area contributed by atoms with Crippen LogP contribution in [0.3, 0.4) is 0 Å². The van der Waals surface area contributed by atoms with Gasteiger partial charge in [-0.3, -0.25) is 4.79 Å². The molecule has 0 bridgehead atoms. The van der Waals surface area contributed by atoms with Crippen molar-refractivity contribution in [3.05, 3.63) is 30.1 Å². The van der Waals surface area contributed by atoms with Crippen LogP contribution in [0.4, 0.5) is 0 Å². The lowest BCUT2D eigenvalue weighted by Gasteiger charge is -2.35. The largest absolute Gasteiger partial charge is 0.479 e. The molecule has 1 aromatic heterocycles. The smallest absolute Gasteiger partial charge is 0.335 e. The second-order valence-corrected chi connectivity index (χ2v) is 6.40. The molecule has 0 aromatic carbocycles. The van der Waals surface area contributed by atoms with Crippen LogP contribution in [-0.2, 0) is 14.3 Å². The second kappa shape index (κ2) is 6.68. The van der Waals surface area contributed by atoms with Gasteiger partial charge in [0.1, 0.15) is 12.2 Å². The fourth-order valence-electron chi connectivity index (χ4n) is 3.37. The Morgan fingerprint density at radius 1 is 1.28 bits per heavy atom. The maximum absolute atomic E-state index is 11.7. The van der Waals surface area contributed by atoms with Gasteiger partial charge in [0.05, 0.1) is 6.04 Å². The Bertz CT molecular complexity index is 682. The van der Waals surface area contributed by atoms with Crippen molar-refractivity contribution < 1.29 is 39.3 Å². The number of carboxylic acids is 1. The molecule has 0 saturated carbocycles. The minimum absolute atomic E-state index is 0.0406. The van der Waals surface area contributed by atoms with Crippen LogP contribution >= 0.6 is 0 Å². The number of amides is 1. The number of carbonyl (C=O) groups excluding carboxylic acids is 1. The number of aliphatic hydroxyl groups excluding tert-OH is 3. The second-order valence-electron chi connectivity index (χ2n) is 6.40. The first kappa shape index (κ1) is 17.7. The van der Waals surface area contributed by atoms with E-state index in [-0.39, 0.29) is 11.9 Å². The quantitative estimate of drug-likeness (QED) is 0.478. The first-order valence-electron chi connectivity index (χ1n) is 8.00. The highest BCUT2D eigenvalue weighted by atomic mass is 16.6. The summed E-state index contributed by atoms with van der Waals surface area (Å²) in [4.78, 5) is 24.6. The van der Waals surface area contributed by atoms with E-state index in [2.05, 4.69) is 0 Å².